The summed E-state index contributed by atoms with van der Waals surface area (Å²) in [6.45, 7) is 7.52. The Bertz CT molecular complexity index is 315. The number of aryl methyl sites for hydroxylation is 1. The largest absolute Gasteiger partial charge is 0.315 e. The van der Waals surface area contributed by atoms with Crippen molar-refractivity contribution in [2.45, 2.75) is 38.8 Å². The Kier molecular flexibility index (Phi) is 3.38. The van der Waals surface area contributed by atoms with Crippen molar-refractivity contribution < 1.29 is 0 Å². The van der Waals surface area contributed by atoms with E-state index < -0.39 is 0 Å². The number of hydrogen-bond acceptors (Lipinski definition) is 4. The molecule has 0 bridgehead atoms. The minimum Gasteiger partial charge on any atom is -0.315 e. The van der Waals surface area contributed by atoms with Crippen LogP contribution in [0, 0.1) is 0 Å². The van der Waals surface area contributed by atoms with Crippen molar-refractivity contribution in [3.63, 3.8) is 0 Å². The van der Waals surface area contributed by atoms with Crippen LogP contribution in [0.4, 0.5) is 0 Å². The summed E-state index contributed by atoms with van der Waals surface area (Å²) in [6.07, 6.45) is 2.25. The maximum atomic E-state index is 4.56. The van der Waals surface area contributed by atoms with Gasteiger partial charge in [0.1, 0.15) is 0 Å². The SMILES string of the molecule is CCc1nc(CNC2(C)CCNC2)cs1. The van der Waals surface area contributed by atoms with Crippen LogP contribution in [-0.2, 0) is 13.0 Å². The average Bonchev–Trinajstić information content (AvgIpc) is 2.84. The van der Waals surface area contributed by atoms with Crippen molar-refractivity contribution in [2.75, 3.05) is 13.1 Å². The highest BCUT2D eigenvalue weighted by Gasteiger charge is 2.27. The number of thiazole rings is 1. The standard InChI is InChI=1S/C11H19N3S/c1-3-10-14-9(7-15-10)6-13-11(2)4-5-12-8-11/h7,12-13H,3-6,8H2,1-2H3. The summed E-state index contributed by atoms with van der Waals surface area (Å²) in [5, 5.41) is 10.4. The molecule has 0 amide bonds. The van der Waals surface area contributed by atoms with Crippen LogP contribution in [0.3, 0.4) is 0 Å². The molecule has 2 heterocycles. The van der Waals surface area contributed by atoms with E-state index in [4.69, 9.17) is 0 Å². The third-order valence-corrected chi connectivity index (χ3v) is 4.01. The molecule has 0 saturated carbocycles. The summed E-state index contributed by atoms with van der Waals surface area (Å²) in [7, 11) is 0. The van der Waals surface area contributed by atoms with E-state index in [2.05, 4.69) is 34.8 Å². The van der Waals surface area contributed by atoms with Crippen LogP contribution in [0.15, 0.2) is 5.38 Å². The summed E-state index contributed by atoms with van der Waals surface area (Å²) in [4.78, 5) is 4.56. The van der Waals surface area contributed by atoms with Crippen LogP contribution >= 0.6 is 11.3 Å². The first-order chi connectivity index (χ1) is 7.22. The number of nitrogens with one attached hydrogen (secondary N) is 2. The lowest BCUT2D eigenvalue weighted by Crippen LogP contribution is -2.43. The molecule has 1 aromatic rings. The number of rotatable bonds is 4. The van der Waals surface area contributed by atoms with Crippen LogP contribution in [0.2, 0.25) is 0 Å². The van der Waals surface area contributed by atoms with Crippen molar-refractivity contribution in [2.24, 2.45) is 0 Å². The van der Waals surface area contributed by atoms with Crippen LogP contribution in [0.25, 0.3) is 0 Å². The number of nitrogens with zero attached hydrogens (tertiary/aromatic N) is 1. The summed E-state index contributed by atoms with van der Waals surface area (Å²) >= 11 is 1.76. The van der Waals surface area contributed by atoms with E-state index in [0.717, 1.165) is 26.1 Å². The van der Waals surface area contributed by atoms with Gasteiger partial charge in [0.25, 0.3) is 0 Å². The molecule has 1 aliphatic heterocycles. The first-order valence-corrected chi connectivity index (χ1v) is 6.49. The van der Waals surface area contributed by atoms with Gasteiger partial charge in [0.2, 0.25) is 0 Å². The molecule has 3 nitrogen and oxygen atoms in total. The van der Waals surface area contributed by atoms with Crippen LogP contribution in [0.5, 0.6) is 0 Å². The van der Waals surface area contributed by atoms with E-state index in [0.29, 0.717) is 0 Å². The zero-order valence-electron chi connectivity index (χ0n) is 9.47. The van der Waals surface area contributed by atoms with Crippen LogP contribution < -0.4 is 10.6 Å². The molecule has 1 aromatic heterocycles. The Labute approximate surface area is 95.3 Å². The molecule has 0 aliphatic carbocycles. The van der Waals surface area contributed by atoms with Gasteiger partial charge in [-0.05, 0) is 26.3 Å². The van der Waals surface area contributed by atoms with Crippen molar-refractivity contribution in [3.8, 4) is 0 Å². The minimum absolute atomic E-state index is 0.260. The normalized spacial score (nSPS) is 26.0. The maximum absolute atomic E-state index is 4.56. The lowest BCUT2D eigenvalue weighted by molar-refractivity contribution is 0.383. The summed E-state index contributed by atoms with van der Waals surface area (Å²) in [5.74, 6) is 0. The van der Waals surface area contributed by atoms with Gasteiger partial charge in [-0.3, -0.25) is 0 Å². The van der Waals surface area contributed by atoms with Crippen molar-refractivity contribution in [3.05, 3.63) is 16.1 Å². The highest BCUT2D eigenvalue weighted by atomic mass is 32.1. The van der Waals surface area contributed by atoms with E-state index in [1.165, 1.54) is 17.1 Å². The number of hydrogen-bond donors (Lipinski definition) is 2. The quantitative estimate of drug-likeness (QED) is 0.816. The number of aromatic nitrogens is 1. The van der Waals surface area contributed by atoms with Crippen molar-refractivity contribution in [1.29, 1.82) is 0 Å². The van der Waals surface area contributed by atoms with Gasteiger partial charge in [0, 0.05) is 24.0 Å². The van der Waals surface area contributed by atoms with Gasteiger partial charge in [-0.15, -0.1) is 11.3 Å². The first-order valence-electron chi connectivity index (χ1n) is 5.61. The van der Waals surface area contributed by atoms with Crippen molar-refractivity contribution in [1.82, 2.24) is 15.6 Å². The van der Waals surface area contributed by atoms with Gasteiger partial charge in [0.15, 0.2) is 0 Å². The molecule has 1 saturated heterocycles. The Morgan fingerprint density at radius 3 is 3.13 bits per heavy atom. The van der Waals surface area contributed by atoms with E-state index >= 15 is 0 Å². The molecule has 4 heteroatoms. The van der Waals surface area contributed by atoms with Gasteiger partial charge in [-0.1, -0.05) is 6.92 Å². The van der Waals surface area contributed by atoms with E-state index in [1.54, 1.807) is 11.3 Å². The molecule has 2 N–H and O–H groups in total. The van der Waals surface area contributed by atoms with Gasteiger partial charge in [-0.2, -0.15) is 0 Å². The fraction of sp³-hybridized carbons (Fsp3) is 0.727. The molecule has 1 fully saturated rings. The molecule has 84 valence electrons. The van der Waals surface area contributed by atoms with E-state index in [1.807, 2.05) is 0 Å². The average molecular weight is 225 g/mol. The van der Waals surface area contributed by atoms with Crippen LogP contribution in [0.1, 0.15) is 31.0 Å². The van der Waals surface area contributed by atoms with Crippen LogP contribution in [-0.4, -0.2) is 23.6 Å². The van der Waals surface area contributed by atoms with E-state index in [9.17, 15) is 0 Å². The molecule has 1 unspecified atom stereocenters. The molecule has 0 radical (unpaired) electrons. The maximum Gasteiger partial charge on any atom is 0.0926 e. The van der Waals surface area contributed by atoms with Gasteiger partial charge < -0.3 is 10.6 Å². The monoisotopic (exact) mass is 225 g/mol. The third kappa shape index (κ3) is 2.77. The fourth-order valence-corrected chi connectivity index (χ4v) is 2.61. The molecular formula is C11H19N3S. The molecule has 1 aliphatic rings. The second-order valence-corrected chi connectivity index (χ2v) is 5.37. The van der Waals surface area contributed by atoms with Gasteiger partial charge in [0.05, 0.1) is 10.7 Å². The smallest absolute Gasteiger partial charge is 0.0926 e. The Balaban J connectivity index is 1.87. The Hall–Kier alpha value is -0.450. The molecular weight excluding hydrogens is 206 g/mol. The summed E-state index contributed by atoms with van der Waals surface area (Å²) in [6, 6.07) is 0. The molecule has 15 heavy (non-hydrogen) atoms. The lowest BCUT2D eigenvalue weighted by atomic mass is 10.0. The second kappa shape index (κ2) is 4.60. The topological polar surface area (TPSA) is 37.0 Å². The van der Waals surface area contributed by atoms with Gasteiger partial charge in [-0.25, -0.2) is 4.98 Å². The molecule has 0 spiro atoms. The Morgan fingerprint density at radius 1 is 1.67 bits per heavy atom. The first kappa shape index (κ1) is 11.0. The minimum atomic E-state index is 0.260. The third-order valence-electron chi connectivity index (χ3n) is 2.97. The van der Waals surface area contributed by atoms with E-state index in [-0.39, 0.29) is 5.54 Å². The predicted molar refractivity (Wildman–Crippen MR) is 64.2 cm³/mol. The molecule has 1 atom stereocenters. The summed E-state index contributed by atoms with van der Waals surface area (Å²) in [5.41, 5.74) is 1.45. The van der Waals surface area contributed by atoms with Crippen molar-refractivity contribution >= 4 is 11.3 Å². The van der Waals surface area contributed by atoms with Gasteiger partial charge >= 0.3 is 0 Å². The predicted octanol–water partition coefficient (Wildman–Crippen LogP) is 1.55. The zero-order chi connectivity index (χ0) is 10.7. The lowest BCUT2D eigenvalue weighted by Gasteiger charge is -2.23. The highest BCUT2D eigenvalue weighted by molar-refractivity contribution is 7.09. The molecule has 2 rings (SSSR count). The highest BCUT2D eigenvalue weighted by Crippen LogP contribution is 2.15. The Morgan fingerprint density at radius 2 is 2.53 bits per heavy atom. The molecule has 0 aromatic carbocycles. The zero-order valence-corrected chi connectivity index (χ0v) is 10.3. The fourth-order valence-electron chi connectivity index (χ4n) is 1.86. The second-order valence-electron chi connectivity index (χ2n) is 4.43. The summed E-state index contributed by atoms with van der Waals surface area (Å²) < 4.78 is 0.